The summed E-state index contributed by atoms with van der Waals surface area (Å²) in [4.78, 5) is 3.81. The van der Waals surface area contributed by atoms with Crippen LogP contribution in [0.3, 0.4) is 0 Å². The second-order valence-corrected chi connectivity index (χ2v) is 10.3. The lowest BCUT2D eigenvalue weighted by atomic mass is 10.0. The van der Waals surface area contributed by atoms with Gasteiger partial charge in [0.2, 0.25) is 10.0 Å². The van der Waals surface area contributed by atoms with E-state index in [4.69, 9.17) is 4.74 Å². The van der Waals surface area contributed by atoms with Crippen LogP contribution in [0.5, 0.6) is 5.75 Å². The molecule has 34 heavy (non-hydrogen) atoms. The second kappa shape index (κ2) is 10.9. The van der Waals surface area contributed by atoms with Gasteiger partial charge in [-0.15, -0.1) is 0 Å². The highest BCUT2D eigenvalue weighted by molar-refractivity contribution is 7.89. The molecular formula is C28H32N2O3S. The molecule has 0 spiro atoms. The number of methoxy groups -OCH3 is 1. The second-order valence-electron chi connectivity index (χ2n) is 8.50. The number of nitrogens with one attached hydrogen (secondary N) is 2. The van der Waals surface area contributed by atoms with Crippen molar-refractivity contribution in [3.05, 3.63) is 83.9 Å². The molecule has 0 aliphatic rings. The van der Waals surface area contributed by atoms with Crippen LogP contribution in [-0.4, -0.2) is 27.1 Å². The van der Waals surface area contributed by atoms with Crippen molar-refractivity contribution in [2.45, 2.75) is 43.9 Å². The largest absolute Gasteiger partial charge is 0.497 e. The molecule has 0 saturated heterocycles. The number of aromatic amines is 1. The Labute approximate surface area is 202 Å². The zero-order valence-corrected chi connectivity index (χ0v) is 20.6. The zero-order valence-electron chi connectivity index (χ0n) is 19.8. The van der Waals surface area contributed by atoms with Crippen LogP contribution in [0.15, 0.2) is 77.7 Å². The summed E-state index contributed by atoms with van der Waals surface area (Å²) in [5.74, 6) is 0.797. The van der Waals surface area contributed by atoms with Gasteiger partial charge in [0.1, 0.15) is 5.75 Å². The number of hydrogen-bond donors (Lipinski definition) is 2. The van der Waals surface area contributed by atoms with Gasteiger partial charge < -0.3 is 9.72 Å². The first-order chi connectivity index (χ1) is 16.5. The van der Waals surface area contributed by atoms with Gasteiger partial charge in [-0.25, -0.2) is 13.1 Å². The summed E-state index contributed by atoms with van der Waals surface area (Å²) < 4.78 is 33.8. The highest BCUT2D eigenvalue weighted by Crippen LogP contribution is 2.31. The average molecular weight is 477 g/mol. The molecule has 4 rings (SSSR count). The fourth-order valence-electron chi connectivity index (χ4n) is 4.27. The van der Waals surface area contributed by atoms with E-state index in [2.05, 4.69) is 22.7 Å². The maximum absolute atomic E-state index is 12.9. The summed E-state index contributed by atoms with van der Waals surface area (Å²) >= 11 is 0. The molecular weight excluding hydrogens is 444 g/mol. The molecule has 0 unspecified atom stereocenters. The lowest BCUT2D eigenvalue weighted by molar-refractivity contribution is 0.415. The van der Waals surface area contributed by atoms with Crippen LogP contribution in [0.2, 0.25) is 0 Å². The fourth-order valence-corrected chi connectivity index (χ4v) is 5.30. The molecule has 0 aliphatic heterocycles. The number of fused-ring (bicyclic) bond motifs is 1. The summed E-state index contributed by atoms with van der Waals surface area (Å²) in [6.45, 7) is 2.49. The zero-order chi connectivity index (χ0) is 24.0. The molecule has 3 aromatic carbocycles. The van der Waals surface area contributed by atoms with E-state index in [1.165, 1.54) is 18.4 Å². The number of benzene rings is 3. The van der Waals surface area contributed by atoms with Crippen molar-refractivity contribution in [1.29, 1.82) is 0 Å². The maximum Gasteiger partial charge on any atom is 0.240 e. The van der Waals surface area contributed by atoms with Gasteiger partial charge in [0, 0.05) is 23.1 Å². The van der Waals surface area contributed by atoms with Gasteiger partial charge in [-0.3, -0.25) is 0 Å². The SMILES string of the molecule is CCCCCc1ccc(S(=O)(=O)NCCc2c(-c3ccc(OC)cc3)[nH]c3ccccc23)cc1. The number of hydrogen-bond acceptors (Lipinski definition) is 3. The summed E-state index contributed by atoms with van der Waals surface area (Å²) in [5, 5.41) is 1.10. The van der Waals surface area contributed by atoms with Gasteiger partial charge in [0.05, 0.1) is 12.0 Å². The summed E-state index contributed by atoms with van der Waals surface area (Å²) in [6.07, 6.45) is 5.04. The van der Waals surface area contributed by atoms with E-state index in [0.29, 0.717) is 17.9 Å². The van der Waals surface area contributed by atoms with E-state index in [1.54, 1.807) is 19.2 Å². The van der Waals surface area contributed by atoms with Crippen molar-refractivity contribution in [1.82, 2.24) is 9.71 Å². The molecule has 1 aromatic heterocycles. The predicted octanol–water partition coefficient (Wildman–Crippen LogP) is 6.10. The topological polar surface area (TPSA) is 71.2 Å². The first-order valence-corrected chi connectivity index (χ1v) is 13.3. The van der Waals surface area contributed by atoms with Crippen molar-refractivity contribution in [2.75, 3.05) is 13.7 Å². The van der Waals surface area contributed by atoms with Crippen molar-refractivity contribution in [3.8, 4) is 17.0 Å². The molecule has 0 aliphatic carbocycles. The molecule has 1 heterocycles. The molecule has 5 nitrogen and oxygen atoms in total. The van der Waals surface area contributed by atoms with Crippen molar-refractivity contribution in [3.63, 3.8) is 0 Å². The highest BCUT2D eigenvalue weighted by atomic mass is 32.2. The van der Waals surface area contributed by atoms with E-state index in [0.717, 1.165) is 46.3 Å². The van der Waals surface area contributed by atoms with Crippen LogP contribution in [0, 0.1) is 0 Å². The van der Waals surface area contributed by atoms with E-state index < -0.39 is 10.0 Å². The molecule has 0 saturated carbocycles. The van der Waals surface area contributed by atoms with Crippen molar-refractivity contribution < 1.29 is 13.2 Å². The first-order valence-electron chi connectivity index (χ1n) is 11.8. The van der Waals surface area contributed by atoms with Gasteiger partial charge in [-0.05, 0) is 78.4 Å². The molecule has 0 atom stereocenters. The molecule has 0 radical (unpaired) electrons. The minimum absolute atomic E-state index is 0.307. The lowest BCUT2D eigenvalue weighted by Crippen LogP contribution is -2.26. The Balaban J connectivity index is 1.49. The first kappa shape index (κ1) is 24.0. The minimum atomic E-state index is -3.57. The molecule has 2 N–H and O–H groups in total. The number of aryl methyl sites for hydroxylation is 1. The van der Waals surface area contributed by atoms with Crippen LogP contribution < -0.4 is 9.46 Å². The highest BCUT2D eigenvalue weighted by Gasteiger charge is 2.16. The Kier molecular flexibility index (Phi) is 7.70. The number of unbranched alkanes of at least 4 members (excludes halogenated alkanes) is 2. The maximum atomic E-state index is 12.9. The summed E-state index contributed by atoms with van der Waals surface area (Å²) in [7, 11) is -1.92. The number of ether oxygens (including phenoxy) is 1. The smallest absolute Gasteiger partial charge is 0.240 e. The Morgan fingerprint density at radius 1 is 0.882 bits per heavy atom. The molecule has 0 amide bonds. The Morgan fingerprint density at radius 3 is 2.32 bits per heavy atom. The molecule has 4 aromatic rings. The molecule has 6 heteroatoms. The summed E-state index contributed by atoms with van der Waals surface area (Å²) in [5.41, 5.74) is 5.34. The van der Waals surface area contributed by atoms with Crippen molar-refractivity contribution >= 4 is 20.9 Å². The molecule has 0 bridgehead atoms. The van der Waals surface area contributed by atoms with E-state index in [9.17, 15) is 8.42 Å². The van der Waals surface area contributed by atoms with E-state index in [-0.39, 0.29) is 0 Å². The normalized spacial score (nSPS) is 11.7. The quantitative estimate of drug-likeness (QED) is 0.257. The number of H-pyrrole nitrogens is 1. The van der Waals surface area contributed by atoms with Gasteiger partial charge >= 0.3 is 0 Å². The molecule has 178 valence electrons. The van der Waals surface area contributed by atoms with Crippen LogP contribution in [-0.2, 0) is 22.9 Å². The lowest BCUT2D eigenvalue weighted by Gasteiger charge is -2.10. The van der Waals surface area contributed by atoms with Crippen LogP contribution in [0.4, 0.5) is 0 Å². The third kappa shape index (κ3) is 5.51. The Morgan fingerprint density at radius 2 is 1.62 bits per heavy atom. The Bertz CT molecular complexity index is 1320. The van der Waals surface area contributed by atoms with Gasteiger partial charge in [-0.1, -0.05) is 50.1 Å². The van der Waals surface area contributed by atoms with Crippen LogP contribution >= 0.6 is 0 Å². The number of aromatic nitrogens is 1. The number of para-hydroxylation sites is 1. The van der Waals surface area contributed by atoms with Gasteiger partial charge in [0.15, 0.2) is 0 Å². The average Bonchev–Trinajstić information content (AvgIpc) is 3.23. The fraction of sp³-hybridized carbons (Fsp3) is 0.286. The van der Waals surface area contributed by atoms with Crippen molar-refractivity contribution in [2.24, 2.45) is 0 Å². The van der Waals surface area contributed by atoms with Crippen LogP contribution in [0.1, 0.15) is 37.3 Å². The summed E-state index contributed by atoms with van der Waals surface area (Å²) in [6, 6.07) is 23.3. The number of rotatable bonds is 11. The third-order valence-electron chi connectivity index (χ3n) is 6.16. The molecule has 0 fully saturated rings. The van der Waals surface area contributed by atoms with Gasteiger partial charge in [-0.2, -0.15) is 0 Å². The monoisotopic (exact) mass is 476 g/mol. The van der Waals surface area contributed by atoms with E-state index in [1.807, 2.05) is 54.6 Å². The standard InChI is InChI=1S/C28H32N2O3S/c1-3-4-5-8-21-11-17-24(18-12-21)34(31,32)29-20-19-26-25-9-6-7-10-27(25)30-28(26)22-13-15-23(33-2)16-14-22/h6-7,9-18,29-30H,3-5,8,19-20H2,1-2H3. The Hall–Kier alpha value is -3.09. The van der Waals surface area contributed by atoms with E-state index >= 15 is 0 Å². The predicted molar refractivity (Wildman–Crippen MR) is 139 cm³/mol. The minimum Gasteiger partial charge on any atom is -0.497 e. The third-order valence-corrected chi connectivity index (χ3v) is 7.64. The number of sulfonamides is 1. The van der Waals surface area contributed by atoms with Crippen LogP contribution in [0.25, 0.3) is 22.2 Å². The van der Waals surface area contributed by atoms with Gasteiger partial charge in [0.25, 0.3) is 0 Å².